The van der Waals surface area contributed by atoms with Crippen molar-refractivity contribution in [3.63, 3.8) is 0 Å². The number of nitrogens with zero attached hydrogens (tertiary/aromatic N) is 1. The molecule has 0 aromatic heterocycles. The molecule has 0 unspecified atom stereocenters. The van der Waals surface area contributed by atoms with E-state index >= 15 is 0 Å². The third kappa shape index (κ3) is 9.83. The maximum atomic E-state index is 11.4. The fourth-order valence-corrected chi connectivity index (χ4v) is 1.19. The Morgan fingerprint density at radius 2 is 2.00 bits per heavy atom. The number of carbonyl (C=O) groups is 1. The Balaban J connectivity index is 3.46. The van der Waals surface area contributed by atoms with E-state index in [1.165, 1.54) is 0 Å². The number of hydrogen-bond acceptors (Lipinski definition) is 3. The Kier molecular flexibility index (Phi) is 7.56. The van der Waals surface area contributed by atoms with E-state index in [0.717, 1.165) is 19.5 Å². The molecule has 0 heterocycles. The zero-order valence-electron chi connectivity index (χ0n) is 11.5. The third-order valence-corrected chi connectivity index (χ3v) is 2.47. The number of nitrogens with one attached hydrogen (secondary N) is 2. The fraction of sp³-hybridized carbons (Fsp3) is 0.846. The first-order valence-electron chi connectivity index (χ1n) is 6.26. The third-order valence-electron chi connectivity index (χ3n) is 2.47. The van der Waals surface area contributed by atoms with Crippen LogP contribution in [0.5, 0.6) is 0 Å². The minimum absolute atomic E-state index is 0.0887. The standard InChI is InChI=1S/C13H25N3O/c1-11(2)9-16-12(17)5-7-15-8-6-13(3,4)10-14/h11,15H,5-9H2,1-4H3,(H,16,17). The summed E-state index contributed by atoms with van der Waals surface area (Å²) < 4.78 is 0. The summed E-state index contributed by atoms with van der Waals surface area (Å²) in [4.78, 5) is 11.4. The molecule has 0 spiro atoms. The van der Waals surface area contributed by atoms with Gasteiger partial charge in [-0.15, -0.1) is 0 Å². The van der Waals surface area contributed by atoms with Crippen molar-refractivity contribution in [2.75, 3.05) is 19.6 Å². The minimum Gasteiger partial charge on any atom is -0.356 e. The summed E-state index contributed by atoms with van der Waals surface area (Å²) >= 11 is 0. The Hall–Kier alpha value is -1.08. The summed E-state index contributed by atoms with van der Waals surface area (Å²) in [6.07, 6.45) is 1.30. The van der Waals surface area contributed by atoms with Gasteiger partial charge in [0.25, 0.3) is 0 Å². The average Bonchev–Trinajstić information content (AvgIpc) is 2.25. The molecule has 2 N–H and O–H groups in total. The van der Waals surface area contributed by atoms with Crippen molar-refractivity contribution < 1.29 is 4.79 Å². The number of rotatable bonds is 8. The van der Waals surface area contributed by atoms with Gasteiger partial charge in [-0.2, -0.15) is 5.26 Å². The smallest absolute Gasteiger partial charge is 0.221 e. The molecule has 4 nitrogen and oxygen atoms in total. The largest absolute Gasteiger partial charge is 0.356 e. The molecule has 0 atom stereocenters. The lowest BCUT2D eigenvalue weighted by Crippen LogP contribution is -2.31. The lowest BCUT2D eigenvalue weighted by atomic mass is 9.91. The van der Waals surface area contributed by atoms with E-state index in [1.54, 1.807) is 0 Å². The van der Waals surface area contributed by atoms with Crippen molar-refractivity contribution in [2.45, 2.75) is 40.5 Å². The monoisotopic (exact) mass is 239 g/mol. The molecule has 17 heavy (non-hydrogen) atoms. The van der Waals surface area contributed by atoms with Gasteiger partial charge in [0.15, 0.2) is 0 Å². The summed E-state index contributed by atoms with van der Waals surface area (Å²) in [5.41, 5.74) is -0.285. The average molecular weight is 239 g/mol. The molecule has 0 radical (unpaired) electrons. The summed E-state index contributed by atoms with van der Waals surface area (Å²) in [7, 11) is 0. The predicted molar refractivity (Wildman–Crippen MR) is 69.3 cm³/mol. The van der Waals surface area contributed by atoms with Crippen LogP contribution in [0, 0.1) is 22.7 Å². The second-order valence-electron chi connectivity index (χ2n) is 5.44. The lowest BCUT2D eigenvalue weighted by molar-refractivity contribution is -0.121. The number of nitriles is 1. The molecule has 0 aliphatic rings. The molecule has 98 valence electrons. The van der Waals surface area contributed by atoms with Gasteiger partial charge in [0.1, 0.15) is 0 Å². The fourth-order valence-electron chi connectivity index (χ4n) is 1.19. The SMILES string of the molecule is CC(C)CNC(=O)CCNCCC(C)(C)C#N. The molecule has 4 heteroatoms. The predicted octanol–water partition coefficient (Wildman–Crippen LogP) is 1.68. The van der Waals surface area contributed by atoms with Gasteiger partial charge in [-0.3, -0.25) is 4.79 Å². The molecule has 0 saturated heterocycles. The topological polar surface area (TPSA) is 64.9 Å². The molecule has 0 aromatic carbocycles. The van der Waals surface area contributed by atoms with Crippen molar-refractivity contribution in [1.29, 1.82) is 5.26 Å². The van der Waals surface area contributed by atoms with Crippen molar-refractivity contribution in [2.24, 2.45) is 11.3 Å². The van der Waals surface area contributed by atoms with Crippen LogP contribution in [0.15, 0.2) is 0 Å². The Labute approximate surface area is 105 Å². The van der Waals surface area contributed by atoms with Crippen LogP contribution in [0.3, 0.4) is 0 Å². The highest BCUT2D eigenvalue weighted by Gasteiger charge is 2.15. The molecule has 0 saturated carbocycles. The van der Waals surface area contributed by atoms with E-state index in [4.69, 9.17) is 5.26 Å². The van der Waals surface area contributed by atoms with Crippen molar-refractivity contribution in [3.05, 3.63) is 0 Å². The summed E-state index contributed by atoms with van der Waals surface area (Å²) in [6, 6.07) is 2.25. The van der Waals surface area contributed by atoms with Gasteiger partial charge in [-0.1, -0.05) is 13.8 Å². The highest BCUT2D eigenvalue weighted by Crippen LogP contribution is 2.16. The molecule has 1 amide bonds. The van der Waals surface area contributed by atoms with Gasteiger partial charge in [-0.25, -0.2) is 0 Å². The number of carbonyl (C=O) groups excluding carboxylic acids is 1. The van der Waals surface area contributed by atoms with Crippen LogP contribution < -0.4 is 10.6 Å². The molecule has 0 aliphatic heterocycles. The zero-order valence-corrected chi connectivity index (χ0v) is 11.5. The number of amides is 1. The second kappa shape index (κ2) is 8.08. The van der Waals surface area contributed by atoms with E-state index in [0.29, 0.717) is 18.9 Å². The molecule has 0 rings (SSSR count). The van der Waals surface area contributed by atoms with Gasteiger partial charge in [0.05, 0.1) is 11.5 Å². The van der Waals surface area contributed by atoms with Gasteiger partial charge >= 0.3 is 0 Å². The second-order valence-corrected chi connectivity index (χ2v) is 5.44. The maximum absolute atomic E-state index is 11.4. The van der Waals surface area contributed by atoms with Gasteiger partial charge in [0, 0.05) is 19.5 Å². The highest BCUT2D eigenvalue weighted by atomic mass is 16.1. The highest BCUT2D eigenvalue weighted by molar-refractivity contribution is 5.76. The lowest BCUT2D eigenvalue weighted by Gasteiger charge is -2.15. The summed E-state index contributed by atoms with van der Waals surface area (Å²) in [5, 5.41) is 14.9. The van der Waals surface area contributed by atoms with Crippen LogP contribution in [-0.4, -0.2) is 25.5 Å². The normalized spacial score (nSPS) is 11.3. The quantitative estimate of drug-likeness (QED) is 0.633. The van der Waals surface area contributed by atoms with Crippen molar-refractivity contribution in [3.8, 4) is 6.07 Å². The summed E-state index contributed by atoms with van der Waals surface area (Å²) in [6.45, 7) is 10.2. The molecule has 0 fully saturated rings. The molecule has 0 aromatic rings. The van der Waals surface area contributed by atoms with E-state index in [9.17, 15) is 4.79 Å². The summed E-state index contributed by atoms with van der Waals surface area (Å²) in [5.74, 6) is 0.578. The molecular formula is C13H25N3O. The van der Waals surface area contributed by atoms with Crippen molar-refractivity contribution >= 4 is 5.91 Å². The Bertz CT molecular complexity index is 266. The van der Waals surface area contributed by atoms with Crippen LogP contribution in [-0.2, 0) is 4.79 Å². The van der Waals surface area contributed by atoms with Crippen molar-refractivity contribution in [1.82, 2.24) is 10.6 Å². The Morgan fingerprint density at radius 3 is 2.53 bits per heavy atom. The van der Waals surface area contributed by atoms with E-state index in [2.05, 4.69) is 30.6 Å². The van der Waals surface area contributed by atoms with E-state index in [-0.39, 0.29) is 11.3 Å². The van der Waals surface area contributed by atoms with Crippen LogP contribution in [0.1, 0.15) is 40.5 Å². The number of hydrogen-bond donors (Lipinski definition) is 2. The van der Waals surface area contributed by atoms with Gasteiger partial charge < -0.3 is 10.6 Å². The van der Waals surface area contributed by atoms with E-state index in [1.807, 2.05) is 13.8 Å². The molecular weight excluding hydrogens is 214 g/mol. The molecule has 0 bridgehead atoms. The van der Waals surface area contributed by atoms with Crippen LogP contribution >= 0.6 is 0 Å². The zero-order chi connectivity index (χ0) is 13.3. The minimum atomic E-state index is -0.285. The van der Waals surface area contributed by atoms with Gasteiger partial charge in [-0.05, 0) is 32.7 Å². The van der Waals surface area contributed by atoms with Crippen LogP contribution in [0.25, 0.3) is 0 Å². The first-order chi connectivity index (χ1) is 7.87. The molecule has 0 aliphatic carbocycles. The van der Waals surface area contributed by atoms with Crippen LogP contribution in [0.2, 0.25) is 0 Å². The van der Waals surface area contributed by atoms with E-state index < -0.39 is 0 Å². The first-order valence-corrected chi connectivity index (χ1v) is 6.26. The Morgan fingerprint density at radius 1 is 1.35 bits per heavy atom. The first kappa shape index (κ1) is 15.9. The van der Waals surface area contributed by atoms with Gasteiger partial charge in [0.2, 0.25) is 5.91 Å². The maximum Gasteiger partial charge on any atom is 0.221 e. The van der Waals surface area contributed by atoms with Crippen LogP contribution in [0.4, 0.5) is 0 Å².